The van der Waals surface area contributed by atoms with E-state index < -0.39 is 6.17 Å². The molecule has 2 aliphatic rings. The van der Waals surface area contributed by atoms with E-state index in [1.54, 1.807) is 46.2 Å². The molecule has 0 fully saturated rings. The predicted octanol–water partition coefficient (Wildman–Crippen LogP) is 3.37. The number of carbonyl (C=O) groups is 3. The summed E-state index contributed by atoms with van der Waals surface area (Å²) in [5, 5.41) is 2.91. The van der Waals surface area contributed by atoms with E-state index in [1.807, 2.05) is 0 Å². The highest BCUT2D eigenvalue weighted by Crippen LogP contribution is 2.49. The number of methoxy groups -OCH3 is 2. The van der Waals surface area contributed by atoms with Crippen LogP contribution in [0.1, 0.15) is 59.1 Å². The van der Waals surface area contributed by atoms with Gasteiger partial charge in [-0.2, -0.15) is 0 Å². The zero-order valence-electron chi connectivity index (χ0n) is 19.4. The Hall–Kier alpha value is -3.55. The number of benzene rings is 2. The number of anilines is 1. The standard InChI is InChI=1S/C25H29N3O5/c1-15(2)11-13-26-20(29)12-14-27-23-17-9-10-19(32-3)22(33-4)21(17)25(31)28(23)18-8-6-5-7-16(18)24(27)30/h5-10,15,23H,11-14H2,1-4H3,(H,26,29)/t23-/m1/s1. The van der Waals surface area contributed by atoms with Gasteiger partial charge in [0.1, 0.15) is 6.17 Å². The zero-order chi connectivity index (χ0) is 23.7. The Bertz CT molecular complexity index is 1100. The lowest BCUT2D eigenvalue weighted by atomic mass is 10.0. The van der Waals surface area contributed by atoms with Crippen molar-refractivity contribution in [2.45, 2.75) is 32.9 Å². The molecule has 0 spiro atoms. The van der Waals surface area contributed by atoms with Crippen LogP contribution in [0.2, 0.25) is 0 Å². The second kappa shape index (κ2) is 9.13. The van der Waals surface area contributed by atoms with Gasteiger partial charge in [0.25, 0.3) is 11.8 Å². The molecule has 0 aliphatic carbocycles. The van der Waals surface area contributed by atoms with Crippen LogP contribution in [0.5, 0.6) is 11.5 Å². The molecule has 0 saturated heterocycles. The fourth-order valence-corrected chi connectivity index (χ4v) is 4.46. The average molecular weight is 452 g/mol. The Kier molecular flexibility index (Phi) is 6.26. The van der Waals surface area contributed by atoms with Crippen molar-refractivity contribution in [1.82, 2.24) is 10.2 Å². The van der Waals surface area contributed by atoms with Crippen LogP contribution in [-0.2, 0) is 4.79 Å². The Labute approximate surface area is 193 Å². The van der Waals surface area contributed by atoms with E-state index in [1.165, 1.54) is 14.2 Å². The van der Waals surface area contributed by atoms with Gasteiger partial charge >= 0.3 is 0 Å². The first-order valence-electron chi connectivity index (χ1n) is 11.1. The van der Waals surface area contributed by atoms with Crippen LogP contribution >= 0.6 is 0 Å². The number of para-hydroxylation sites is 1. The summed E-state index contributed by atoms with van der Waals surface area (Å²) in [6, 6.07) is 10.6. The lowest BCUT2D eigenvalue weighted by molar-refractivity contribution is -0.121. The third-order valence-corrected chi connectivity index (χ3v) is 6.11. The first kappa shape index (κ1) is 22.6. The molecule has 0 unspecified atom stereocenters. The Morgan fingerprint density at radius 2 is 1.82 bits per heavy atom. The molecule has 0 bridgehead atoms. The molecule has 2 aromatic rings. The van der Waals surface area contributed by atoms with Crippen molar-refractivity contribution >= 4 is 23.4 Å². The monoisotopic (exact) mass is 451 g/mol. The van der Waals surface area contributed by atoms with Gasteiger partial charge in [-0.25, -0.2) is 0 Å². The van der Waals surface area contributed by atoms with Crippen LogP contribution in [0.15, 0.2) is 36.4 Å². The Morgan fingerprint density at radius 3 is 2.52 bits per heavy atom. The Morgan fingerprint density at radius 1 is 1.06 bits per heavy atom. The van der Waals surface area contributed by atoms with Crippen LogP contribution in [0, 0.1) is 5.92 Å². The lowest BCUT2D eigenvalue weighted by Gasteiger charge is -2.40. The van der Waals surface area contributed by atoms with E-state index in [0.29, 0.717) is 46.3 Å². The molecule has 8 nitrogen and oxygen atoms in total. The number of nitrogens with one attached hydrogen (secondary N) is 1. The maximum Gasteiger partial charge on any atom is 0.264 e. The summed E-state index contributed by atoms with van der Waals surface area (Å²) >= 11 is 0. The van der Waals surface area contributed by atoms with E-state index in [0.717, 1.165) is 6.42 Å². The highest BCUT2D eigenvalue weighted by Gasteiger charge is 2.49. The fraction of sp³-hybridized carbons (Fsp3) is 0.400. The number of amides is 3. The molecular weight excluding hydrogens is 422 g/mol. The summed E-state index contributed by atoms with van der Waals surface area (Å²) in [5.41, 5.74) is 2.01. The minimum atomic E-state index is -0.654. The number of hydrogen-bond donors (Lipinski definition) is 1. The maximum atomic E-state index is 13.6. The van der Waals surface area contributed by atoms with E-state index in [4.69, 9.17) is 9.47 Å². The van der Waals surface area contributed by atoms with Gasteiger partial charge in [0.2, 0.25) is 5.91 Å². The highest BCUT2D eigenvalue weighted by molar-refractivity contribution is 6.18. The minimum Gasteiger partial charge on any atom is -0.493 e. The average Bonchev–Trinajstić information content (AvgIpc) is 3.10. The SMILES string of the molecule is COc1ccc2c(c1OC)C(=O)N1c3ccccc3C(=O)N(CCC(=O)NCCC(C)C)[C@@H]21. The molecule has 4 rings (SSSR count). The van der Waals surface area contributed by atoms with Crippen molar-refractivity contribution in [3.8, 4) is 11.5 Å². The predicted molar refractivity (Wildman–Crippen MR) is 124 cm³/mol. The van der Waals surface area contributed by atoms with Gasteiger partial charge in [0.05, 0.1) is 31.0 Å². The molecule has 33 heavy (non-hydrogen) atoms. The topological polar surface area (TPSA) is 88.2 Å². The minimum absolute atomic E-state index is 0.120. The van der Waals surface area contributed by atoms with Crippen molar-refractivity contribution in [3.05, 3.63) is 53.1 Å². The molecule has 2 heterocycles. The van der Waals surface area contributed by atoms with Crippen LogP contribution in [0.3, 0.4) is 0 Å². The maximum absolute atomic E-state index is 13.6. The van der Waals surface area contributed by atoms with Crippen molar-refractivity contribution in [2.75, 3.05) is 32.2 Å². The number of rotatable bonds is 8. The smallest absolute Gasteiger partial charge is 0.264 e. The van der Waals surface area contributed by atoms with Crippen LogP contribution in [0.4, 0.5) is 5.69 Å². The molecule has 0 radical (unpaired) electrons. The number of hydrogen-bond acceptors (Lipinski definition) is 5. The van der Waals surface area contributed by atoms with Gasteiger partial charge in [0, 0.05) is 25.1 Å². The van der Waals surface area contributed by atoms with E-state index in [9.17, 15) is 14.4 Å². The van der Waals surface area contributed by atoms with Crippen molar-refractivity contribution < 1.29 is 23.9 Å². The Balaban J connectivity index is 1.70. The first-order chi connectivity index (χ1) is 15.9. The molecule has 2 aromatic carbocycles. The summed E-state index contributed by atoms with van der Waals surface area (Å²) in [6.07, 6.45) is 0.382. The van der Waals surface area contributed by atoms with Gasteiger partial charge in [-0.3, -0.25) is 19.3 Å². The highest BCUT2D eigenvalue weighted by atomic mass is 16.5. The quantitative estimate of drug-likeness (QED) is 0.665. The molecule has 174 valence electrons. The fourth-order valence-electron chi connectivity index (χ4n) is 4.46. The van der Waals surface area contributed by atoms with Crippen LogP contribution in [-0.4, -0.2) is 49.9 Å². The third kappa shape index (κ3) is 3.90. The molecule has 1 N–H and O–H groups in total. The normalized spacial score (nSPS) is 16.5. The molecule has 2 aliphatic heterocycles. The number of nitrogens with zero attached hydrogens (tertiary/aromatic N) is 2. The van der Waals surface area contributed by atoms with Crippen molar-refractivity contribution in [1.29, 1.82) is 0 Å². The summed E-state index contributed by atoms with van der Waals surface area (Å²) in [7, 11) is 3.00. The van der Waals surface area contributed by atoms with Gasteiger partial charge in [-0.15, -0.1) is 0 Å². The van der Waals surface area contributed by atoms with Gasteiger partial charge in [-0.05, 0) is 30.5 Å². The lowest BCUT2D eigenvalue weighted by Crippen LogP contribution is -2.49. The molecule has 8 heteroatoms. The van der Waals surface area contributed by atoms with E-state index in [2.05, 4.69) is 19.2 Å². The third-order valence-electron chi connectivity index (χ3n) is 6.11. The molecule has 0 saturated carbocycles. The zero-order valence-corrected chi connectivity index (χ0v) is 19.4. The number of fused-ring (bicyclic) bond motifs is 5. The van der Waals surface area contributed by atoms with Crippen LogP contribution < -0.4 is 19.7 Å². The van der Waals surface area contributed by atoms with Crippen LogP contribution in [0.25, 0.3) is 0 Å². The summed E-state index contributed by atoms with van der Waals surface area (Å²) in [6.45, 7) is 4.98. The van der Waals surface area contributed by atoms with Gasteiger partial charge in [0.15, 0.2) is 11.5 Å². The van der Waals surface area contributed by atoms with E-state index >= 15 is 0 Å². The van der Waals surface area contributed by atoms with Gasteiger partial charge < -0.3 is 19.7 Å². The summed E-state index contributed by atoms with van der Waals surface area (Å²) < 4.78 is 10.9. The van der Waals surface area contributed by atoms with E-state index in [-0.39, 0.29) is 30.7 Å². The molecular formula is C25H29N3O5. The molecule has 0 aromatic heterocycles. The summed E-state index contributed by atoms with van der Waals surface area (Å²) in [4.78, 5) is 42.7. The van der Waals surface area contributed by atoms with Gasteiger partial charge in [-0.1, -0.05) is 32.0 Å². The second-order valence-corrected chi connectivity index (χ2v) is 8.61. The largest absolute Gasteiger partial charge is 0.493 e. The van der Waals surface area contributed by atoms with Crippen molar-refractivity contribution in [2.24, 2.45) is 5.92 Å². The molecule has 1 atom stereocenters. The van der Waals surface area contributed by atoms with Crippen molar-refractivity contribution in [3.63, 3.8) is 0 Å². The first-order valence-corrected chi connectivity index (χ1v) is 11.1. The summed E-state index contributed by atoms with van der Waals surface area (Å²) in [5.74, 6) is 0.679. The molecule has 3 amide bonds. The second-order valence-electron chi connectivity index (χ2n) is 8.61. The number of carbonyl (C=O) groups excluding carboxylic acids is 3. The number of ether oxygens (including phenoxy) is 2.